The molecule has 5 heteroatoms. The lowest BCUT2D eigenvalue weighted by atomic mass is 10.2. The van der Waals surface area contributed by atoms with E-state index in [-0.39, 0.29) is 12.5 Å². The van der Waals surface area contributed by atoms with Gasteiger partial charge in [-0.1, -0.05) is 29.8 Å². The largest absolute Gasteiger partial charge is 0.483 e. The number of carbonyl (C=O) groups is 1. The lowest BCUT2D eigenvalue weighted by molar-refractivity contribution is -0.123. The number of amides is 1. The van der Waals surface area contributed by atoms with Gasteiger partial charge in [0.25, 0.3) is 5.91 Å². The van der Waals surface area contributed by atoms with E-state index in [1.165, 1.54) is 12.8 Å². The van der Waals surface area contributed by atoms with Crippen LogP contribution < -0.4 is 15.4 Å². The Balaban J connectivity index is 1.87. The zero-order valence-electron chi connectivity index (χ0n) is 12.6. The van der Waals surface area contributed by atoms with Crippen LogP contribution in [0.5, 0.6) is 5.75 Å². The van der Waals surface area contributed by atoms with Gasteiger partial charge in [0.05, 0.1) is 0 Å². The number of benzene rings is 1. The first kappa shape index (κ1) is 16.3. The van der Waals surface area contributed by atoms with Crippen molar-refractivity contribution in [3.63, 3.8) is 0 Å². The smallest absolute Gasteiger partial charge is 0.257 e. The van der Waals surface area contributed by atoms with Crippen molar-refractivity contribution in [1.82, 2.24) is 10.6 Å². The molecule has 0 unspecified atom stereocenters. The molecule has 1 aromatic carbocycles. The molecule has 0 spiro atoms. The molecular formula is C16H23BrN2O2. The van der Waals surface area contributed by atoms with Crippen molar-refractivity contribution >= 4 is 21.8 Å². The second-order valence-corrected chi connectivity index (χ2v) is 6.81. The average Bonchev–Trinajstić information content (AvgIpc) is 3.26. The standard InChI is InChI=1S/C16H23BrN2O2/c1-11(2)8-19-16(20)10-21-15-6-3-13(17)7-12(15)9-18-14-4-5-14/h3,6-7,11,14,18H,4-5,8-10H2,1-2H3,(H,19,20). The molecule has 0 heterocycles. The van der Waals surface area contributed by atoms with Crippen molar-refractivity contribution in [3.8, 4) is 5.75 Å². The highest BCUT2D eigenvalue weighted by Gasteiger charge is 2.20. The minimum absolute atomic E-state index is 0.0603. The van der Waals surface area contributed by atoms with Crippen molar-refractivity contribution in [2.75, 3.05) is 13.2 Å². The van der Waals surface area contributed by atoms with Crippen molar-refractivity contribution in [1.29, 1.82) is 0 Å². The third-order valence-electron chi connectivity index (χ3n) is 3.25. The number of hydrogen-bond donors (Lipinski definition) is 2. The molecule has 0 aliphatic heterocycles. The van der Waals surface area contributed by atoms with Gasteiger partial charge < -0.3 is 15.4 Å². The van der Waals surface area contributed by atoms with Crippen molar-refractivity contribution in [2.45, 2.75) is 39.3 Å². The number of halogens is 1. The Bertz CT molecular complexity index is 487. The average molecular weight is 355 g/mol. The molecule has 2 rings (SSSR count). The molecule has 1 saturated carbocycles. The maximum absolute atomic E-state index is 11.7. The summed E-state index contributed by atoms with van der Waals surface area (Å²) in [5, 5.41) is 6.32. The topological polar surface area (TPSA) is 50.4 Å². The fourth-order valence-corrected chi connectivity index (χ4v) is 2.29. The van der Waals surface area contributed by atoms with Gasteiger partial charge in [-0.25, -0.2) is 0 Å². The molecule has 2 N–H and O–H groups in total. The predicted octanol–water partition coefficient (Wildman–Crippen LogP) is 2.85. The van der Waals surface area contributed by atoms with E-state index in [4.69, 9.17) is 4.74 Å². The summed E-state index contributed by atoms with van der Waals surface area (Å²) in [4.78, 5) is 11.7. The van der Waals surface area contributed by atoms with E-state index in [1.54, 1.807) is 0 Å². The lowest BCUT2D eigenvalue weighted by Crippen LogP contribution is -2.32. The maximum atomic E-state index is 11.7. The van der Waals surface area contributed by atoms with Crippen LogP contribution in [0, 0.1) is 5.92 Å². The van der Waals surface area contributed by atoms with Crippen molar-refractivity contribution < 1.29 is 9.53 Å². The molecule has 4 nitrogen and oxygen atoms in total. The van der Waals surface area contributed by atoms with E-state index in [0.29, 0.717) is 18.5 Å². The minimum atomic E-state index is -0.0762. The molecule has 0 aromatic heterocycles. The van der Waals surface area contributed by atoms with Gasteiger partial charge in [-0.15, -0.1) is 0 Å². The summed E-state index contributed by atoms with van der Waals surface area (Å²) in [6, 6.07) is 6.52. The van der Waals surface area contributed by atoms with Crippen molar-refractivity contribution in [3.05, 3.63) is 28.2 Å². The number of nitrogens with one attached hydrogen (secondary N) is 2. The third kappa shape index (κ3) is 6.06. The molecule has 116 valence electrons. The van der Waals surface area contributed by atoms with E-state index in [9.17, 15) is 4.79 Å². The summed E-state index contributed by atoms with van der Waals surface area (Å²) in [5.41, 5.74) is 1.08. The molecule has 0 saturated heterocycles. The van der Waals surface area contributed by atoms with E-state index >= 15 is 0 Å². The van der Waals surface area contributed by atoms with Gasteiger partial charge in [0.2, 0.25) is 0 Å². The summed E-state index contributed by atoms with van der Waals surface area (Å²) in [5.74, 6) is 1.14. The van der Waals surface area contributed by atoms with E-state index in [0.717, 1.165) is 22.3 Å². The quantitative estimate of drug-likeness (QED) is 0.754. The minimum Gasteiger partial charge on any atom is -0.483 e. The summed E-state index contributed by atoms with van der Waals surface area (Å²) in [6.45, 7) is 5.64. The zero-order chi connectivity index (χ0) is 15.2. The van der Waals surface area contributed by atoms with Gasteiger partial charge in [0, 0.05) is 29.2 Å². The summed E-state index contributed by atoms with van der Waals surface area (Å²) in [6.07, 6.45) is 2.50. The van der Waals surface area contributed by atoms with E-state index < -0.39 is 0 Å². The summed E-state index contributed by atoms with van der Waals surface area (Å²) < 4.78 is 6.69. The number of ether oxygens (including phenoxy) is 1. The van der Waals surface area contributed by atoms with Gasteiger partial charge in [-0.2, -0.15) is 0 Å². The van der Waals surface area contributed by atoms with Crippen LogP contribution in [0.4, 0.5) is 0 Å². The monoisotopic (exact) mass is 354 g/mol. The highest BCUT2D eigenvalue weighted by atomic mass is 79.9. The van der Waals surface area contributed by atoms with Crippen molar-refractivity contribution in [2.24, 2.45) is 5.92 Å². The van der Waals surface area contributed by atoms with Crippen LogP contribution in [-0.2, 0) is 11.3 Å². The van der Waals surface area contributed by atoms with Gasteiger partial charge in [0.1, 0.15) is 5.75 Å². The molecule has 1 aromatic rings. The Labute approximate surface area is 134 Å². The predicted molar refractivity (Wildman–Crippen MR) is 87.3 cm³/mol. The number of rotatable bonds is 8. The highest BCUT2D eigenvalue weighted by Crippen LogP contribution is 2.25. The molecule has 1 amide bonds. The Hall–Kier alpha value is -1.07. The van der Waals surface area contributed by atoms with Crippen LogP contribution >= 0.6 is 15.9 Å². The first-order chi connectivity index (χ1) is 10.0. The first-order valence-electron chi connectivity index (χ1n) is 7.46. The molecule has 1 aliphatic rings. The van der Waals surface area contributed by atoms with Crippen LogP contribution in [0.3, 0.4) is 0 Å². The van der Waals surface area contributed by atoms with Gasteiger partial charge in [-0.3, -0.25) is 4.79 Å². The second kappa shape index (κ2) is 7.80. The molecule has 1 aliphatic carbocycles. The normalized spacial score (nSPS) is 14.3. The Morgan fingerprint density at radius 2 is 2.19 bits per heavy atom. The maximum Gasteiger partial charge on any atom is 0.257 e. The molecule has 0 bridgehead atoms. The van der Waals surface area contributed by atoms with Crippen LogP contribution in [0.2, 0.25) is 0 Å². The highest BCUT2D eigenvalue weighted by molar-refractivity contribution is 9.10. The summed E-state index contributed by atoms with van der Waals surface area (Å²) in [7, 11) is 0. The van der Waals surface area contributed by atoms with Crippen LogP contribution in [0.15, 0.2) is 22.7 Å². The van der Waals surface area contributed by atoms with Gasteiger partial charge in [-0.05, 0) is 37.0 Å². The number of hydrogen-bond acceptors (Lipinski definition) is 3. The first-order valence-corrected chi connectivity index (χ1v) is 8.25. The molecule has 1 fully saturated rings. The zero-order valence-corrected chi connectivity index (χ0v) is 14.2. The second-order valence-electron chi connectivity index (χ2n) is 5.89. The Kier molecular flexibility index (Phi) is 6.06. The van der Waals surface area contributed by atoms with Gasteiger partial charge >= 0.3 is 0 Å². The Morgan fingerprint density at radius 1 is 1.43 bits per heavy atom. The molecular weight excluding hydrogens is 332 g/mol. The van der Waals surface area contributed by atoms with E-state index in [2.05, 4.69) is 40.4 Å². The molecule has 0 radical (unpaired) electrons. The molecule has 0 atom stereocenters. The lowest BCUT2D eigenvalue weighted by Gasteiger charge is -2.13. The number of carbonyl (C=O) groups excluding carboxylic acids is 1. The van der Waals surface area contributed by atoms with Crippen LogP contribution in [0.25, 0.3) is 0 Å². The SMILES string of the molecule is CC(C)CNC(=O)COc1ccc(Br)cc1CNC1CC1. The van der Waals surface area contributed by atoms with Crippen LogP contribution in [-0.4, -0.2) is 25.1 Å². The summed E-state index contributed by atoms with van der Waals surface area (Å²) >= 11 is 3.48. The van der Waals surface area contributed by atoms with Gasteiger partial charge in [0.15, 0.2) is 6.61 Å². The third-order valence-corrected chi connectivity index (χ3v) is 3.74. The van der Waals surface area contributed by atoms with Crippen LogP contribution in [0.1, 0.15) is 32.3 Å². The fourth-order valence-electron chi connectivity index (χ4n) is 1.88. The fraction of sp³-hybridized carbons (Fsp3) is 0.562. The Morgan fingerprint density at radius 3 is 2.86 bits per heavy atom. The molecule has 21 heavy (non-hydrogen) atoms. The van der Waals surface area contributed by atoms with E-state index in [1.807, 2.05) is 18.2 Å².